The van der Waals surface area contributed by atoms with Crippen LogP contribution < -0.4 is 4.90 Å². The molecule has 0 atom stereocenters. The first-order valence-corrected chi connectivity index (χ1v) is 17.3. The number of anilines is 3. The maximum atomic E-state index is 6.55. The highest BCUT2D eigenvalue weighted by Crippen LogP contribution is 2.46. The van der Waals surface area contributed by atoms with Gasteiger partial charge in [0, 0.05) is 33.1 Å². The highest BCUT2D eigenvalue weighted by Gasteiger charge is 2.22. The van der Waals surface area contributed by atoms with E-state index in [1.54, 1.807) is 0 Å². The maximum Gasteiger partial charge on any atom is 0.143 e. The summed E-state index contributed by atoms with van der Waals surface area (Å²) in [7, 11) is 0. The topological polar surface area (TPSA) is 29.5 Å². The average Bonchev–Trinajstić information content (AvgIpc) is 3.78. The zero-order valence-corrected chi connectivity index (χ0v) is 27.7. The van der Waals surface area contributed by atoms with Crippen molar-refractivity contribution in [2.75, 3.05) is 4.90 Å². The summed E-state index contributed by atoms with van der Waals surface area (Å²) in [6, 6.07) is 66.2. The van der Waals surface area contributed by atoms with Gasteiger partial charge in [-0.15, -0.1) is 0 Å². The Morgan fingerprint density at radius 1 is 0.333 bits per heavy atom. The molecule has 0 saturated heterocycles. The van der Waals surface area contributed by atoms with Crippen molar-refractivity contribution in [2.45, 2.75) is 0 Å². The summed E-state index contributed by atoms with van der Waals surface area (Å²) in [5.41, 5.74) is 13.5. The van der Waals surface area contributed by atoms with Gasteiger partial charge in [-0.1, -0.05) is 140 Å². The minimum atomic E-state index is 0.857. The monoisotopic (exact) mass is 653 g/mol. The highest BCUT2D eigenvalue weighted by atomic mass is 16.3. The lowest BCUT2D eigenvalue weighted by Gasteiger charge is -2.27. The van der Waals surface area contributed by atoms with Gasteiger partial charge in [0.2, 0.25) is 0 Å². The first-order chi connectivity index (χ1) is 25.3. The van der Waals surface area contributed by atoms with Gasteiger partial charge in [-0.25, -0.2) is 0 Å². The summed E-state index contributed by atoms with van der Waals surface area (Å²) >= 11 is 0. The molecule has 51 heavy (non-hydrogen) atoms. The molecule has 0 N–H and O–H groups in total. The quantitative estimate of drug-likeness (QED) is 0.179. The Bertz CT molecular complexity index is 2850. The molecule has 0 aliphatic heterocycles. The molecule has 10 aromatic rings. The Morgan fingerprint density at radius 3 is 1.71 bits per heavy atom. The van der Waals surface area contributed by atoms with Crippen molar-refractivity contribution >= 4 is 60.9 Å². The molecule has 0 aliphatic carbocycles. The molecule has 0 aliphatic rings. The molecule has 240 valence electrons. The molecular weight excluding hydrogens is 623 g/mol. The van der Waals surface area contributed by atoms with Crippen LogP contribution in [0.15, 0.2) is 197 Å². The predicted octanol–water partition coefficient (Wildman–Crippen LogP) is 14.0. The minimum absolute atomic E-state index is 0.857. The lowest BCUT2D eigenvalue weighted by Crippen LogP contribution is -2.10. The van der Waals surface area contributed by atoms with Crippen molar-refractivity contribution in [1.82, 2.24) is 0 Å². The summed E-state index contributed by atoms with van der Waals surface area (Å²) < 4.78 is 12.9. The van der Waals surface area contributed by atoms with Gasteiger partial charge in [-0.05, 0) is 76.3 Å². The van der Waals surface area contributed by atoms with Crippen LogP contribution in [0.1, 0.15) is 0 Å². The molecular formula is C48H31NO2. The van der Waals surface area contributed by atoms with E-state index in [0.29, 0.717) is 0 Å². The van der Waals surface area contributed by atoms with E-state index in [1.807, 2.05) is 24.3 Å². The van der Waals surface area contributed by atoms with Gasteiger partial charge in [0.15, 0.2) is 0 Å². The van der Waals surface area contributed by atoms with Gasteiger partial charge in [-0.2, -0.15) is 0 Å². The molecule has 0 amide bonds. The van der Waals surface area contributed by atoms with Crippen molar-refractivity contribution in [1.29, 1.82) is 0 Å². The summed E-state index contributed by atoms with van der Waals surface area (Å²) in [4.78, 5) is 2.36. The smallest absolute Gasteiger partial charge is 0.143 e. The van der Waals surface area contributed by atoms with Crippen LogP contribution >= 0.6 is 0 Å². The zero-order valence-electron chi connectivity index (χ0n) is 27.7. The van der Waals surface area contributed by atoms with Crippen LogP contribution in [0.5, 0.6) is 0 Å². The number of hydrogen-bond donors (Lipinski definition) is 0. The van der Waals surface area contributed by atoms with E-state index in [-0.39, 0.29) is 0 Å². The van der Waals surface area contributed by atoms with E-state index in [1.165, 1.54) is 11.1 Å². The SMILES string of the molecule is c1ccc(-c2ccc(N(c3ccc(-c4cccc5c4oc4ccccc45)c(-c4ccccc4)c3)c3cccc4oc5ccccc5c34)cc2)cc1. The molecule has 0 bridgehead atoms. The third-order valence-electron chi connectivity index (χ3n) is 9.89. The van der Waals surface area contributed by atoms with Gasteiger partial charge in [0.1, 0.15) is 22.3 Å². The first kappa shape index (κ1) is 29.1. The Morgan fingerprint density at radius 2 is 0.922 bits per heavy atom. The second-order valence-electron chi connectivity index (χ2n) is 12.9. The molecule has 0 saturated carbocycles. The van der Waals surface area contributed by atoms with E-state index in [9.17, 15) is 0 Å². The molecule has 0 radical (unpaired) electrons. The number of fused-ring (bicyclic) bond motifs is 6. The fraction of sp³-hybridized carbons (Fsp3) is 0. The average molecular weight is 654 g/mol. The van der Waals surface area contributed by atoms with Gasteiger partial charge in [0.25, 0.3) is 0 Å². The lowest BCUT2D eigenvalue weighted by atomic mass is 9.92. The maximum absolute atomic E-state index is 6.55. The van der Waals surface area contributed by atoms with Crippen molar-refractivity contribution < 1.29 is 8.83 Å². The molecule has 2 aromatic heterocycles. The van der Waals surface area contributed by atoms with Crippen LogP contribution in [-0.4, -0.2) is 0 Å². The van der Waals surface area contributed by atoms with E-state index in [4.69, 9.17) is 8.83 Å². The Labute approximate surface area is 295 Å². The van der Waals surface area contributed by atoms with Crippen molar-refractivity contribution in [2.24, 2.45) is 0 Å². The molecule has 3 heteroatoms. The summed E-state index contributed by atoms with van der Waals surface area (Å²) in [5.74, 6) is 0. The molecule has 3 nitrogen and oxygen atoms in total. The molecule has 10 rings (SSSR count). The van der Waals surface area contributed by atoms with E-state index >= 15 is 0 Å². The molecule has 8 aromatic carbocycles. The van der Waals surface area contributed by atoms with Gasteiger partial charge >= 0.3 is 0 Å². The van der Waals surface area contributed by atoms with Crippen LogP contribution in [0, 0.1) is 0 Å². The third-order valence-corrected chi connectivity index (χ3v) is 9.89. The van der Waals surface area contributed by atoms with Crippen LogP contribution in [-0.2, 0) is 0 Å². The number of rotatable bonds is 6. The van der Waals surface area contributed by atoms with E-state index in [2.05, 4.69) is 169 Å². The van der Waals surface area contributed by atoms with E-state index in [0.717, 1.165) is 83.2 Å². The van der Waals surface area contributed by atoms with Crippen molar-refractivity contribution in [3.63, 3.8) is 0 Å². The third kappa shape index (κ3) is 4.90. The first-order valence-electron chi connectivity index (χ1n) is 17.3. The Hall–Kier alpha value is -6.84. The fourth-order valence-electron chi connectivity index (χ4n) is 7.53. The van der Waals surface area contributed by atoms with Gasteiger partial charge < -0.3 is 13.7 Å². The van der Waals surface area contributed by atoms with Crippen LogP contribution in [0.3, 0.4) is 0 Å². The molecule has 2 heterocycles. The fourth-order valence-corrected chi connectivity index (χ4v) is 7.53. The summed E-state index contributed by atoms with van der Waals surface area (Å²) in [5, 5.41) is 4.41. The lowest BCUT2D eigenvalue weighted by molar-refractivity contribution is 0.669. The largest absolute Gasteiger partial charge is 0.456 e. The summed E-state index contributed by atoms with van der Waals surface area (Å²) in [6.45, 7) is 0. The standard InChI is InChI=1S/C48H31NO2/c1-3-13-32(14-4-1)33-25-27-35(28-26-33)49(43-21-12-24-46-47(43)41-18-8-10-23-45(41)50-46)36-29-30-37(42(31-36)34-15-5-2-6-16-34)39-19-11-20-40-38-17-7-9-22-44(38)51-48(39)40/h1-31H. The van der Waals surface area contributed by atoms with Gasteiger partial charge in [0.05, 0.1) is 11.1 Å². The number of furan rings is 2. The number of benzene rings is 8. The number of nitrogens with zero attached hydrogens (tertiary/aromatic N) is 1. The number of para-hydroxylation sites is 3. The van der Waals surface area contributed by atoms with E-state index < -0.39 is 0 Å². The van der Waals surface area contributed by atoms with Crippen molar-refractivity contribution in [3.8, 4) is 33.4 Å². The Balaban J connectivity index is 1.22. The summed E-state index contributed by atoms with van der Waals surface area (Å²) in [6.07, 6.45) is 0. The van der Waals surface area contributed by atoms with Crippen LogP contribution in [0.2, 0.25) is 0 Å². The van der Waals surface area contributed by atoms with Gasteiger partial charge in [-0.3, -0.25) is 0 Å². The highest BCUT2D eigenvalue weighted by molar-refractivity contribution is 6.14. The normalized spacial score (nSPS) is 11.5. The molecule has 0 unspecified atom stereocenters. The van der Waals surface area contributed by atoms with Crippen LogP contribution in [0.25, 0.3) is 77.3 Å². The number of hydrogen-bond acceptors (Lipinski definition) is 3. The second-order valence-corrected chi connectivity index (χ2v) is 12.9. The molecule has 0 fully saturated rings. The minimum Gasteiger partial charge on any atom is -0.456 e. The second kappa shape index (κ2) is 11.9. The molecule has 0 spiro atoms. The Kier molecular flexibility index (Phi) is 6.81. The van der Waals surface area contributed by atoms with Crippen molar-refractivity contribution in [3.05, 3.63) is 188 Å². The van der Waals surface area contributed by atoms with Crippen LogP contribution in [0.4, 0.5) is 17.1 Å². The predicted molar refractivity (Wildman–Crippen MR) is 212 cm³/mol. The zero-order chi connectivity index (χ0) is 33.7.